The summed E-state index contributed by atoms with van der Waals surface area (Å²) in [6.45, 7) is 2.31. The Labute approximate surface area is 167 Å². The number of fused-ring (bicyclic) bond motifs is 1. The zero-order chi connectivity index (χ0) is 20.4. The minimum atomic E-state index is -0.490. The number of benzene rings is 3. The number of carbonyl (C=O) groups is 3. The Kier molecular flexibility index (Phi) is 4.83. The number of rotatable bonds is 5. The van der Waals surface area contributed by atoms with Crippen LogP contribution in [-0.2, 0) is 6.61 Å². The first-order chi connectivity index (χ1) is 14.0. The first-order valence-electron chi connectivity index (χ1n) is 9.09. The Morgan fingerprint density at radius 3 is 2.48 bits per heavy atom. The second-order valence-electron chi connectivity index (χ2n) is 6.81. The number of amides is 3. The molecule has 1 heterocycles. The average molecular weight is 386 g/mol. The van der Waals surface area contributed by atoms with Crippen molar-refractivity contribution in [3.63, 3.8) is 0 Å². The molecule has 144 valence electrons. The smallest absolute Gasteiger partial charge is 0.258 e. The number of carbonyl (C=O) groups excluding carboxylic acids is 3. The summed E-state index contributed by atoms with van der Waals surface area (Å²) in [5, 5.41) is 5.06. The molecule has 0 aliphatic carbocycles. The minimum absolute atomic E-state index is 0.212. The Morgan fingerprint density at radius 2 is 1.69 bits per heavy atom. The van der Waals surface area contributed by atoms with Crippen LogP contribution in [0.3, 0.4) is 0 Å². The summed E-state index contributed by atoms with van der Waals surface area (Å²) < 4.78 is 5.77. The molecule has 4 rings (SSSR count). The predicted octanol–water partition coefficient (Wildman–Crippen LogP) is 3.71. The summed E-state index contributed by atoms with van der Waals surface area (Å²) in [6, 6.07) is 19.6. The fraction of sp³-hybridized carbons (Fsp3) is 0.0870. The number of hydrogen-bond donors (Lipinski definition) is 2. The number of hydrogen-bond acceptors (Lipinski definition) is 4. The van der Waals surface area contributed by atoms with Gasteiger partial charge in [-0.05, 0) is 60.5 Å². The lowest BCUT2D eigenvalue weighted by molar-refractivity contribution is 0.0879. The van der Waals surface area contributed by atoms with Crippen molar-refractivity contribution < 1.29 is 19.1 Å². The van der Waals surface area contributed by atoms with Gasteiger partial charge in [-0.1, -0.05) is 24.3 Å². The normalized spacial score (nSPS) is 12.3. The van der Waals surface area contributed by atoms with E-state index >= 15 is 0 Å². The molecule has 1 aliphatic rings. The van der Waals surface area contributed by atoms with Crippen LogP contribution in [0.2, 0.25) is 0 Å². The summed E-state index contributed by atoms with van der Waals surface area (Å²) in [7, 11) is 0. The third-order valence-corrected chi connectivity index (χ3v) is 4.54. The molecule has 1 aliphatic heterocycles. The van der Waals surface area contributed by atoms with Gasteiger partial charge in [0.2, 0.25) is 0 Å². The van der Waals surface area contributed by atoms with Crippen molar-refractivity contribution in [2.75, 3.05) is 5.32 Å². The molecule has 0 unspecified atom stereocenters. The zero-order valence-electron chi connectivity index (χ0n) is 15.7. The van der Waals surface area contributed by atoms with Crippen molar-refractivity contribution in [2.45, 2.75) is 13.5 Å². The summed E-state index contributed by atoms with van der Waals surface area (Å²) in [4.78, 5) is 36.1. The van der Waals surface area contributed by atoms with Gasteiger partial charge in [-0.2, -0.15) is 0 Å². The molecule has 0 aromatic heterocycles. The van der Waals surface area contributed by atoms with E-state index in [1.807, 2.05) is 55.5 Å². The molecule has 3 amide bonds. The Balaban J connectivity index is 1.50. The van der Waals surface area contributed by atoms with Crippen LogP contribution < -0.4 is 15.4 Å². The van der Waals surface area contributed by atoms with Crippen LogP contribution in [0.15, 0.2) is 66.7 Å². The summed E-state index contributed by atoms with van der Waals surface area (Å²) >= 11 is 0. The highest BCUT2D eigenvalue weighted by molar-refractivity contribution is 6.22. The number of para-hydroxylation sites is 1. The Morgan fingerprint density at radius 1 is 0.931 bits per heavy atom. The largest absolute Gasteiger partial charge is 0.489 e. The molecule has 3 aromatic carbocycles. The van der Waals surface area contributed by atoms with E-state index in [1.54, 1.807) is 0 Å². The lowest BCUT2D eigenvalue weighted by atomic mass is 10.0. The molecule has 6 heteroatoms. The molecule has 0 saturated heterocycles. The van der Waals surface area contributed by atoms with Gasteiger partial charge in [-0.3, -0.25) is 19.7 Å². The monoisotopic (exact) mass is 386 g/mol. The van der Waals surface area contributed by atoms with Crippen LogP contribution in [0.25, 0.3) is 0 Å². The van der Waals surface area contributed by atoms with Crippen LogP contribution in [0.1, 0.15) is 42.2 Å². The maximum absolute atomic E-state index is 12.6. The number of ether oxygens (including phenoxy) is 1. The Bertz CT molecular complexity index is 1120. The van der Waals surface area contributed by atoms with Crippen molar-refractivity contribution in [1.82, 2.24) is 5.32 Å². The summed E-state index contributed by atoms with van der Waals surface area (Å²) in [6.07, 6.45) is 0. The van der Waals surface area contributed by atoms with E-state index in [9.17, 15) is 14.4 Å². The van der Waals surface area contributed by atoms with Gasteiger partial charge in [-0.25, -0.2) is 0 Å². The fourth-order valence-electron chi connectivity index (χ4n) is 3.21. The van der Waals surface area contributed by atoms with Gasteiger partial charge in [0, 0.05) is 11.3 Å². The van der Waals surface area contributed by atoms with Crippen LogP contribution in [0.5, 0.6) is 5.75 Å². The van der Waals surface area contributed by atoms with E-state index in [0.29, 0.717) is 17.9 Å². The molecule has 0 spiro atoms. The van der Waals surface area contributed by atoms with Crippen LogP contribution in [-0.4, -0.2) is 17.7 Å². The number of anilines is 1. The van der Waals surface area contributed by atoms with Crippen LogP contribution in [0.4, 0.5) is 5.69 Å². The lowest BCUT2D eigenvalue weighted by Gasteiger charge is -2.11. The third kappa shape index (κ3) is 4.01. The number of aryl methyl sites for hydroxylation is 1. The van der Waals surface area contributed by atoms with Crippen LogP contribution in [0, 0.1) is 6.92 Å². The van der Waals surface area contributed by atoms with Crippen molar-refractivity contribution in [3.8, 4) is 5.75 Å². The van der Waals surface area contributed by atoms with E-state index in [1.165, 1.54) is 18.2 Å². The standard InChI is InChI=1S/C23H18N2O4/c1-14-9-15(13-29-18-5-3-2-4-6-18)11-17(10-14)24-21(26)16-7-8-19-20(12-16)23(28)25-22(19)27/h2-12H,13H2,1H3,(H,24,26)(H,25,27,28). The van der Waals surface area contributed by atoms with Gasteiger partial charge in [0.25, 0.3) is 17.7 Å². The lowest BCUT2D eigenvalue weighted by Crippen LogP contribution is -2.19. The second kappa shape index (κ2) is 7.59. The third-order valence-electron chi connectivity index (χ3n) is 4.54. The van der Waals surface area contributed by atoms with Crippen molar-refractivity contribution in [1.29, 1.82) is 0 Å². The molecule has 0 fully saturated rings. The topological polar surface area (TPSA) is 84.5 Å². The zero-order valence-corrected chi connectivity index (χ0v) is 15.7. The first kappa shape index (κ1) is 18.4. The molecule has 3 aromatic rings. The minimum Gasteiger partial charge on any atom is -0.489 e. The molecule has 0 atom stereocenters. The van der Waals surface area contributed by atoms with Gasteiger partial charge in [0.15, 0.2) is 0 Å². The molecule has 0 saturated carbocycles. The highest BCUT2D eigenvalue weighted by Crippen LogP contribution is 2.21. The first-order valence-corrected chi connectivity index (χ1v) is 9.09. The quantitative estimate of drug-likeness (QED) is 0.655. The molecule has 0 radical (unpaired) electrons. The van der Waals surface area contributed by atoms with Crippen molar-refractivity contribution in [2.24, 2.45) is 0 Å². The SMILES string of the molecule is Cc1cc(COc2ccccc2)cc(NC(=O)c2ccc3c(c2)C(=O)NC3=O)c1. The van der Waals surface area contributed by atoms with E-state index in [4.69, 9.17) is 4.74 Å². The van der Waals surface area contributed by atoms with E-state index in [2.05, 4.69) is 10.6 Å². The van der Waals surface area contributed by atoms with E-state index < -0.39 is 11.8 Å². The fourth-order valence-corrected chi connectivity index (χ4v) is 3.21. The Hall–Kier alpha value is -3.93. The highest BCUT2D eigenvalue weighted by atomic mass is 16.5. The molecular formula is C23H18N2O4. The molecule has 6 nitrogen and oxygen atoms in total. The maximum atomic E-state index is 12.6. The molecule has 0 bridgehead atoms. The maximum Gasteiger partial charge on any atom is 0.258 e. The van der Waals surface area contributed by atoms with Gasteiger partial charge < -0.3 is 10.1 Å². The predicted molar refractivity (Wildman–Crippen MR) is 108 cm³/mol. The van der Waals surface area contributed by atoms with Crippen molar-refractivity contribution >= 4 is 23.4 Å². The molecule has 29 heavy (non-hydrogen) atoms. The van der Waals surface area contributed by atoms with Gasteiger partial charge >= 0.3 is 0 Å². The van der Waals surface area contributed by atoms with Crippen LogP contribution >= 0.6 is 0 Å². The molecule has 2 N–H and O–H groups in total. The second-order valence-corrected chi connectivity index (χ2v) is 6.81. The van der Waals surface area contributed by atoms with Gasteiger partial charge in [0.1, 0.15) is 12.4 Å². The average Bonchev–Trinajstić information content (AvgIpc) is 3.00. The van der Waals surface area contributed by atoms with Gasteiger partial charge in [0.05, 0.1) is 11.1 Å². The highest BCUT2D eigenvalue weighted by Gasteiger charge is 2.27. The number of nitrogens with one attached hydrogen (secondary N) is 2. The molecular weight excluding hydrogens is 368 g/mol. The van der Waals surface area contributed by atoms with Gasteiger partial charge in [-0.15, -0.1) is 0 Å². The summed E-state index contributed by atoms with van der Waals surface area (Å²) in [5.41, 5.74) is 3.32. The number of imide groups is 1. The van der Waals surface area contributed by atoms with E-state index in [0.717, 1.165) is 16.9 Å². The summed E-state index contributed by atoms with van der Waals surface area (Å²) in [5.74, 6) is -0.528. The van der Waals surface area contributed by atoms with Crippen molar-refractivity contribution in [3.05, 3.63) is 94.5 Å². The van der Waals surface area contributed by atoms with E-state index in [-0.39, 0.29) is 17.0 Å².